The summed E-state index contributed by atoms with van der Waals surface area (Å²) in [7, 11) is 0. The largest absolute Gasteiger partial charge is 0.306 e. The van der Waals surface area contributed by atoms with E-state index in [1.807, 2.05) is 48.5 Å². The summed E-state index contributed by atoms with van der Waals surface area (Å²) < 4.78 is 1.57. The van der Waals surface area contributed by atoms with Gasteiger partial charge < -0.3 is 5.32 Å². The van der Waals surface area contributed by atoms with Crippen LogP contribution in [0.2, 0.25) is 10.2 Å². The third-order valence-corrected chi connectivity index (χ3v) is 5.16. The van der Waals surface area contributed by atoms with Crippen LogP contribution < -0.4 is 5.32 Å². The van der Waals surface area contributed by atoms with Crippen molar-refractivity contribution in [2.45, 2.75) is 13.5 Å². The minimum Gasteiger partial charge on any atom is -0.306 e. The van der Waals surface area contributed by atoms with E-state index in [0.717, 1.165) is 16.5 Å². The molecular formula is C21H16Cl2N4O. The molecule has 2 aromatic heterocycles. The van der Waals surface area contributed by atoms with E-state index in [4.69, 9.17) is 23.2 Å². The fourth-order valence-corrected chi connectivity index (χ4v) is 3.53. The summed E-state index contributed by atoms with van der Waals surface area (Å²) in [5.41, 5.74) is 2.54. The number of hydrogen-bond acceptors (Lipinski definition) is 3. The van der Waals surface area contributed by atoms with Gasteiger partial charge in [-0.25, -0.2) is 9.67 Å². The molecule has 0 atom stereocenters. The highest BCUT2D eigenvalue weighted by atomic mass is 35.5. The minimum absolute atomic E-state index is 0.260. The Balaban J connectivity index is 1.60. The number of aryl methyl sites for hydroxylation is 1. The van der Waals surface area contributed by atoms with Gasteiger partial charge in [0, 0.05) is 10.4 Å². The zero-order chi connectivity index (χ0) is 19.7. The quantitative estimate of drug-likeness (QED) is 0.493. The van der Waals surface area contributed by atoms with Crippen LogP contribution in [0.3, 0.4) is 0 Å². The minimum atomic E-state index is -0.351. The van der Waals surface area contributed by atoms with Crippen molar-refractivity contribution in [2.24, 2.45) is 0 Å². The molecule has 0 unspecified atom stereocenters. The predicted molar refractivity (Wildman–Crippen MR) is 112 cm³/mol. The predicted octanol–water partition coefficient (Wildman–Crippen LogP) is 5.35. The van der Waals surface area contributed by atoms with Crippen LogP contribution in [0.5, 0.6) is 0 Å². The Morgan fingerprint density at radius 1 is 1.04 bits per heavy atom. The van der Waals surface area contributed by atoms with Gasteiger partial charge in [0.2, 0.25) is 0 Å². The molecule has 0 saturated heterocycles. The molecule has 0 saturated carbocycles. The SMILES string of the molecule is Cc1nn(Cc2ccccc2Cl)c(Cl)c1C(=O)Nc1ccc2ccccc2n1. The number of fused-ring (bicyclic) bond motifs is 1. The van der Waals surface area contributed by atoms with Crippen molar-refractivity contribution in [3.05, 3.63) is 87.7 Å². The first-order chi connectivity index (χ1) is 13.5. The molecule has 2 heterocycles. The summed E-state index contributed by atoms with van der Waals surface area (Å²) in [4.78, 5) is 17.3. The molecule has 4 aromatic rings. The number of nitrogens with one attached hydrogen (secondary N) is 1. The van der Waals surface area contributed by atoms with Crippen LogP contribution in [-0.2, 0) is 6.54 Å². The van der Waals surface area contributed by atoms with Crippen molar-refractivity contribution >= 4 is 45.8 Å². The van der Waals surface area contributed by atoms with Crippen LogP contribution in [0.1, 0.15) is 21.6 Å². The molecule has 5 nitrogen and oxygen atoms in total. The Labute approximate surface area is 171 Å². The van der Waals surface area contributed by atoms with Crippen LogP contribution in [-0.4, -0.2) is 20.7 Å². The van der Waals surface area contributed by atoms with Crippen LogP contribution in [0, 0.1) is 6.92 Å². The first-order valence-corrected chi connectivity index (χ1v) is 9.42. The van der Waals surface area contributed by atoms with E-state index >= 15 is 0 Å². The Kier molecular flexibility index (Phi) is 5.03. The first kappa shape index (κ1) is 18.5. The molecule has 0 aliphatic rings. The van der Waals surface area contributed by atoms with E-state index in [1.54, 1.807) is 23.7 Å². The zero-order valence-corrected chi connectivity index (χ0v) is 16.5. The third-order valence-electron chi connectivity index (χ3n) is 4.41. The lowest BCUT2D eigenvalue weighted by Gasteiger charge is -2.07. The van der Waals surface area contributed by atoms with Crippen molar-refractivity contribution in [2.75, 3.05) is 5.32 Å². The molecule has 140 valence electrons. The van der Waals surface area contributed by atoms with Gasteiger partial charge in [0.05, 0.1) is 23.3 Å². The fraction of sp³-hybridized carbons (Fsp3) is 0.0952. The van der Waals surface area contributed by atoms with E-state index in [9.17, 15) is 4.79 Å². The lowest BCUT2D eigenvalue weighted by Crippen LogP contribution is -2.14. The number of benzene rings is 2. The van der Waals surface area contributed by atoms with E-state index in [0.29, 0.717) is 28.6 Å². The van der Waals surface area contributed by atoms with Crippen LogP contribution in [0.15, 0.2) is 60.7 Å². The Bertz CT molecular complexity index is 1190. The Morgan fingerprint density at radius 3 is 2.61 bits per heavy atom. The molecular weight excluding hydrogens is 395 g/mol. The number of carbonyl (C=O) groups is 1. The molecule has 0 fully saturated rings. The smallest absolute Gasteiger partial charge is 0.261 e. The van der Waals surface area contributed by atoms with Crippen LogP contribution in [0.25, 0.3) is 10.9 Å². The molecule has 0 bridgehead atoms. The highest BCUT2D eigenvalue weighted by Crippen LogP contribution is 2.24. The second-order valence-corrected chi connectivity index (χ2v) is 7.11. The first-order valence-electron chi connectivity index (χ1n) is 8.66. The Morgan fingerprint density at radius 2 is 1.79 bits per heavy atom. The molecule has 1 amide bonds. The maximum atomic E-state index is 12.8. The van der Waals surface area contributed by atoms with Gasteiger partial charge in [-0.1, -0.05) is 59.6 Å². The van der Waals surface area contributed by atoms with Gasteiger partial charge >= 0.3 is 0 Å². The van der Waals surface area contributed by atoms with E-state index in [1.165, 1.54) is 0 Å². The normalized spacial score (nSPS) is 11.0. The number of hydrogen-bond donors (Lipinski definition) is 1. The third kappa shape index (κ3) is 3.59. The van der Waals surface area contributed by atoms with Crippen molar-refractivity contribution < 1.29 is 4.79 Å². The highest BCUT2D eigenvalue weighted by molar-refractivity contribution is 6.34. The van der Waals surface area contributed by atoms with Gasteiger partial charge in [0.15, 0.2) is 0 Å². The molecule has 0 radical (unpaired) electrons. The maximum absolute atomic E-state index is 12.8. The average molecular weight is 411 g/mol. The summed E-state index contributed by atoms with van der Waals surface area (Å²) in [6.07, 6.45) is 0. The molecule has 0 aliphatic carbocycles. The van der Waals surface area contributed by atoms with E-state index in [-0.39, 0.29) is 11.1 Å². The van der Waals surface area contributed by atoms with Crippen molar-refractivity contribution in [3.8, 4) is 0 Å². The molecule has 4 rings (SSSR count). The number of carbonyl (C=O) groups excluding carboxylic acids is 1. The van der Waals surface area contributed by atoms with Gasteiger partial charge in [0.1, 0.15) is 11.0 Å². The van der Waals surface area contributed by atoms with Crippen LogP contribution >= 0.6 is 23.2 Å². The zero-order valence-electron chi connectivity index (χ0n) is 15.0. The molecule has 2 aromatic carbocycles. The second-order valence-electron chi connectivity index (χ2n) is 6.34. The summed E-state index contributed by atoms with van der Waals surface area (Å²) >= 11 is 12.7. The number of amides is 1. The topological polar surface area (TPSA) is 59.8 Å². The summed E-state index contributed by atoms with van der Waals surface area (Å²) in [6, 6.07) is 18.8. The number of aromatic nitrogens is 3. The standard InChI is InChI=1S/C21H16Cl2N4O/c1-13-19(20(23)27(26-13)12-15-7-2-4-8-16(15)22)21(28)25-18-11-10-14-6-3-5-9-17(14)24-18/h2-11H,12H2,1H3,(H,24,25,28). The lowest BCUT2D eigenvalue weighted by atomic mass is 10.2. The summed E-state index contributed by atoms with van der Waals surface area (Å²) in [5.74, 6) is 0.105. The molecule has 28 heavy (non-hydrogen) atoms. The number of halogens is 2. The summed E-state index contributed by atoms with van der Waals surface area (Å²) in [6.45, 7) is 2.12. The number of nitrogens with zero attached hydrogens (tertiary/aromatic N) is 3. The van der Waals surface area contributed by atoms with Gasteiger partial charge in [-0.05, 0) is 36.8 Å². The number of para-hydroxylation sites is 1. The fourth-order valence-electron chi connectivity index (χ4n) is 3.02. The average Bonchev–Trinajstić information content (AvgIpc) is 2.97. The molecule has 1 N–H and O–H groups in total. The monoisotopic (exact) mass is 410 g/mol. The molecule has 0 spiro atoms. The maximum Gasteiger partial charge on any atom is 0.261 e. The van der Waals surface area contributed by atoms with Gasteiger partial charge in [-0.2, -0.15) is 5.10 Å². The van der Waals surface area contributed by atoms with E-state index < -0.39 is 0 Å². The van der Waals surface area contributed by atoms with Crippen LogP contribution in [0.4, 0.5) is 5.82 Å². The molecule has 0 aliphatic heterocycles. The van der Waals surface area contributed by atoms with Gasteiger partial charge in [-0.15, -0.1) is 0 Å². The summed E-state index contributed by atoms with van der Waals surface area (Å²) in [5, 5.41) is 9.10. The van der Waals surface area contributed by atoms with Crippen molar-refractivity contribution in [1.82, 2.24) is 14.8 Å². The Hall–Kier alpha value is -2.89. The van der Waals surface area contributed by atoms with E-state index in [2.05, 4.69) is 15.4 Å². The van der Waals surface area contributed by atoms with Gasteiger partial charge in [-0.3, -0.25) is 4.79 Å². The number of rotatable bonds is 4. The number of pyridine rings is 1. The number of anilines is 1. The lowest BCUT2D eigenvalue weighted by molar-refractivity contribution is 0.102. The van der Waals surface area contributed by atoms with Gasteiger partial charge in [0.25, 0.3) is 5.91 Å². The molecule has 7 heteroatoms. The van der Waals surface area contributed by atoms with Crippen molar-refractivity contribution in [3.63, 3.8) is 0 Å². The highest BCUT2D eigenvalue weighted by Gasteiger charge is 2.21. The second kappa shape index (κ2) is 7.62. The van der Waals surface area contributed by atoms with Crippen molar-refractivity contribution in [1.29, 1.82) is 0 Å².